The van der Waals surface area contributed by atoms with Crippen molar-refractivity contribution in [1.82, 2.24) is 24.8 Å². The van der Waals surface area contributed by atoms with E-state index in [2.05, 4.69) is 14.9 Å². The minimum Gasteiger partial charge on any atom is -0.341 e. The van der Waals surface area contributed by atoms with E-state index in [1.807, 2.05) is 41.6 Å². The van der Waals surface area contributed by atoms with E-state index in [4.69, 9.17) is 9.97 Å². The summed E-state index contributed by atoms with van der Waals surface area (Å²) in [6.45, 7) is 3.41. The van der Waals surface area contributed by atoms with Crippen molar-refractivity contribution < 1.29 is 4.79 Å². The molecule has 0 aromatic carbocycles. The van der Waals surface area contributed by atoms with Gasteiger partial charge in [0.25, 0.3) is 5.91 Å². The number of carbonyl (C=O) groups is 1. The van der Waals surface area contributed by atoms with Crippen LogP contribution in [0.15, 0.2) is 55.2 Å². The molecular formula is C24H26N6O. The van der Waals surface area contributed by atoms with Gasteiger partial charge in [0.2, 0.25) is 5.95 Å². The molecule has 3 aromatic rings. The molecule has 158 valence electrons. The van der Waals surface area contributed by atoms with E-state index >= 15 is 0 Å². The van der Waals surface area contributed by atoms with Crippen LogP contribution in [0.25, 0.3) is 11.1 Å². The maximum atomic E-state index is 13.0. The van der Waals surface area contributed by atoms with E-state index in [1.165, 1.54) is 12.8 Å². The molecule has 2 saturated heterocycles. The molecule has 5 heterocycles. The Bertz CT molecular complexity index is 1040. The molecule has 7 nitrogen and oxygen atoms in total. The van der Waals surface area contributed by atoms with Crippen molar-refractivity contribution in [3.63, 3.8) is 0 Å². The summed E-state index contributed by atoms with van der Waals surface area (Å²) in [5.41, 5.74) is 3.68. The van der Waals surface area contributed by atoms with Gasteiger partial charge in [-0.3, -0.25) is 14.8 Å². The molecule has 3 aromatic heterocycles. The van der Waals surface area contributed by atoms with Crippen LogP contribution in [-0.4, -0.2) is 56.9 Å². The normalized spacial score (nSPS) is 18.9. The fourth-order valence-corrected chi connectivity index (χ4v) is 4.57. The number of aromatic nitrogens is 4. The molecule has 1 atom stereocenters. The number of carbonyl (C=O) groups excluding carboxylic acids is 1. The van der Waals surface area contributed by atoms with Crippen molar-refractivity contribution in [2.75, 3.05) is 31.1 Å². The van der Waals surface area contributed by atoms with Gasteiger partial charge in [0.15, 0.2) is 0 Å². The minimum atomic E-state index is 0.0366. The highest BCUT2D eigenvalue weighted by Gasteiger charge is 2.29. The number of hydrogen-bond donors (Lipinski definition) is 0. The zero-order chi connectivity index (χ0) is 21.0. The molecule has 0 radical (unpaired) electrons. The minimum absolute atomic E-state index is 0.0366. The molecule has 7 heteroatoms. The first-order valence-corrected chi connectivity index (χ1v) is 11.0. The molecule has 31 heavy (non-hydrogen) atoms. The lowest BCUT2D eigenvalue weighted by Crippen LogP contribution is -2.39. The van der Waals surface area contributed by atoms with Gasteiger partial charge in [0.05, 0.1) is 11.3 Å². The van der Waals surface area contributed by atoms with Gasteiger partial charge >= 0.3 is 0 Å². The highest BCUT2D eigenvalue weighted by atomic mass is 16.2. The molecule has 1 amide bonds. The van der Waals surface area contributed by atoms with Crippen LogP contribution in [0.4, 0.5) is 5.95 Å². The molecule has 0 saturated carbocycles. The number of anilines is 1. The predicted octanol–water partition coefficient (Wildman–Crippen LogP) is 3.55. The Kier molecular flexibility index (Phi) is 5.56. The van der Waals surface area contributed by atoms with E-state index in [9.17, 15) is 4.79 Å². The van der Waals surface area contributed by atoms with Crippen molar-refractivity contribution in [3.05, 3.63) is 66.5 Å². The van der Waals surface area contributed by atoms with Crippen LogP contribution in [0, 0.1) is 0 Å². The summed E-state index contributed by atoms with van der Waals surface area (Å²) in [5.74, 6) is 0.999. The molecule has 2 fully saturated rings. The van der Waals surface area contributed by atoms with E-state index in [-0.39, 0.29) is 11.8 Å². The van der Waals surface area contributed by atoms with Crippen LogP contribution in [0.2, 0.25) is 0 Å². The van der Waals surface area contributed by atoms with E-state index in [0.29, 0.717) is 12.1 Å². The number of rotatable bonds is 4. The van der Waals surface area contributed by atoms with E-state index < -0.39 is 0 Å². The van der Waals surface area contributed by atoms with Gasteiger partial charge in [0.1, 0.15) is 0 Å². The van der Waals surface area contributed by atoms with Crippen LogP contribution in [0.3, 0.4) is 0 Å². The van der Waals surface area contributed by atoms with Gasteiger partial charge < -0.3 is 9.80 Å². The summed E-state index contributed by atoms with van der Waals surface area (Å²) in [4.78, 5) is 35.4. The van der Waals surface area contributed by atoms with Gasteiger partial charge in [-0.1, -0.05) is 6.07 Å². The second kappa shape index (κ2) is 8.79. The summed E-state index contributed by atoms with van der Waals surface area (Å²) in [7, 11) is 0. The van der Waals surface area contributed by atoms with Crippen molar-refractivity contribution in [2.24, 2.45) is 0 Å². The molecule has 5 rings (SSSR count). The second-order valence-electron chi connectivity index (χ2n) is 8.24. The van der Waals surface area contributed by atoms with Crippen LogP contribution >= 0.6 is 0 Å². The van der Waals surface area contributed by atoms with Crippen LogP contribution < -0.4 is 4.90 Å². The predicted molar refractivity (Wildman–Crippen MR) is 119 cm³/mol. The molecule has 2 aliphatic heterocycles. The Hall–Kier alpha value is -3.35. The van der Waals surface area contributed by atoms with E-state index in [1.54, 1.807) is 18.6 Å². The number of hydrogen-bond acceptors (Lipinski definition) is 6. The van der Waals surface area contributed by atoms with E-state index in [0.717, 1.165) is 55.2 Å². The lowest BCUT2D eigenvalue weighted by Gasteiger charge is -2.33. The summed E-state index contributed by atoms with van der Waals surface area (Å²) < 4.78 is 0. The first-order valence-electron chi connectivity index (χ1n) is 11.0. The van der Waals surface area contributed by atoms with Gasteiger partial charge in [-0.25, -0.2) is 9.97 Å². The van der Waals surface area contributed by atoms with Crippen molar-refractivity contribution in [2.45, 2.75) is 31.6 Å². The highest BCUT2D eigenvalue weighted by Crippen LogP contribution is 2.34. The Morgan fingerprint density at radius 1 is 0.935 bits per heavy atom. The Morgan fingerprint density at radius 3 is 2.48 bits per heavy atom. The number of pyridine rings is 2. The number of likely N-dealkylation sites (tertiary alicyclic amines) is 1. The largest absolute Gasteiger partial charge is 0.341 e. The maximum Gasteiger partial charge on any atom is 0.255 e. The van der Waals surface area contributed by atoms with Crippen molar-refractivity contribution >= 4 is 11.9 Å². The summed E-state index contributed by atoms with van der Waals surface area (Å²) in [6, 6.07) is 7.62. The fraction of sp³-hybridized carbons (Fsp3) is 0.375. The fourth-order valence-electron chi connectivity index (χ4n) is 4.57. The molecule has 0 aliphatic carbocycles. The smallest absolute Gasteiger partial charge is 0.255 e. The van der Waals surface area contributed by atoms with Crippen LogP contribution in [0.5, 0.6) is 0 Å². The summed E-state index contributed by atoms with van der Waals surface area (Å²) in [5, 5.41) is 0. The third-order valence-electron chi connectivity index (χ3n) is 6.17. The highest BCUT2D eigenvalue weighted by molar-refractivity contribution is 5.94. The Balaban J connectivity index is 1.48. The topological polar surface area (TPSA) is 75.1 Å². The molecule has 1 unspecified atom stereocenters. The number of nitrogens with zero attached hydrogens (tertiary/aromatic N) is 6. The molecule has 0 bridgehead atoms. The molecule has 2 aliphatic rings. The lowest BCUT2D eigenvalue weighted by atomic mass is 9.90. The van der Waals surface area contributed by atoms with Crippen LogP contribution in [0.1, 0.15) is 47.7 Å². The molecule has 0 spiro atoms. The monoisotopic (exact) mass is 414 g/mol. The lowest BCUT2D eigenvalue weighted by molar-refractivity contribution is 0.0705. The van der Waals surface area contributed by atoms with Gasteiger partial charge in [-0.2, -0.15) is 0 Å². The first-order chi connectivity index (χ1) is 15.3. The van der Waals surface area contributed by atoms with Gasteiger partial charge in [-0.05, 0) is 43.9 Å². The average Bonchev–Trinajstić information content (AvgIpc) is 3.39. The number of piperidine rings is 1. The SMILES string of the molecule is O=C(c1cccnc1)N1CCCC(c2nc(N3CCCC3)ncc2-c2cccnc2)C1. The first kappa shape index (κ1) is 19.6. The summed E-state index contributed by atoms with van der Waals surface area (Å²) in [6.07, 6.45) is 13.2. The zero-order valence-corrected chi connectivity index (χ0v) is 17.5. The third kappa shape index (κ3) is 4.13. The van der Waals surface area contributed by atoms with Crippen molar-refractivity contribution in [3.8, 4) is 11.1 Å². The molecular weight excluding hydrogens is 388 g/mol. The average molecular weight is 415 g/mol. The second-order valence-corrected chi connectivity index (χ2v) is 8.24. The Labute approximate surface area is 182 Å². The summed E-state index contributed by atoms with van der Waals surface area (Å²) >= 11 is 0. The maximum absolute atomic E-state index is 13.0. The quantitative estimate of drug-likeness (QED) is 0.650. The zero-order valence-electron chi connectivity index (χ0n) is 17.5. The van der Waals surface area contributed by atoms with Gasteiger partial charge in [-0.15, -0.1) is 0 Å². The Morgan fingerprint density at radius 2 is 1.74 bits per heavy atom. The standard InChI is InChI=1S/C24H26N6O/c31-23(19-7-4-10-26-15-19)30-13-5-8-20(17-30)22-21(18-6-3-9-25-14-18)16-27-24(28-22)29-11-1-2-12-29/h3-4,6-7,9-10,14-16,20H,1-2,5,8,11-13,17H2. The number of amides is 1. The van der Waals surface area contributed by atoms with Crippen molar-refractivity contribution in [1.29, 1.82) is 0 Å². The van der Waals surface area contributed by atoms with Gasteiger partial charge in [0, 0.05) is 74.2 Å². The van der Waals surface area contributed by atoms with Crippen LogP contribution in [-0.2, 0) is 0 Å². The molecule has 0 N–H and O–H groups in total. The third-order valence-corrected chi connectivity index (χ3v) is 6.17.